The molecule has 5 nitrogen and oxygen atoms in total. The summed E-state index contributed by atoms with van der Waals surface area (Å²) in [5, 5.41) is 19.3. The highest BCUT2D eigenvalue weighted by Gasteiger charge is 2.16. The summed E-state index contributed by atoms with van der Waals surface area (Å²) in [6, 6.07) is 3.19. The summed E-state index contributed by atoms with van der Waals surface area (Å²) < 4.78 is 13.5. The Bertz CT molecular complexity index is 398. The van der Waals surface area contributed by atoms with Gasteiger partial charge in [0.25, 0.3) is 5.69 Å². The molecule has 0 aliphatic carbocycles. The minimum Gasteiger partial charge on any atom is -0.394 e. The van der Waals surface area contributed by atoms with E-state index >= 15 is 0 Å². The fraction of sp³-hybridized carbons (Fsp3) is 0.400. The number of aliphatic hydroxyl groups is 1. The van der Waals surface area contributed by atoms with Gasteiger partial charge in [-0.3, -0.25) is 10.1 Å². The van der Waals surface area contributed by atoms with Gasteiger partial charge in [0.1, 0.15) is 0 Å². The number of nitro groups is 1. The number of non-ortho nitro benzene ring substituents is 1. The maximum absolute atomic E-state index is 13.5. The smallest absolute Gasteiger partial charge is 0.272 e. The molecule has 1 aromatic carbocycles. The predicted octanol–water partition coefficient (Wildman–Crippen LogP) is 1.55. The highest BCUT2D eigenvalue weighted by Crippen LogP contribution is 2.24. The van der Waals surface area contributed by atoms with Crippen LogP contribution in [-0.4, -0.2) is 29.7 Å². The van der Waals surface area contributed by atoms with Gasteiger partial charge in [0, 0.05) is 19.2 Å². The summed E-state index contributed by atoms with van der Waals surface area (Å²) in [4.78, 5) is 11.3. The second-order valence-electron chi connectivity index (χ2n) is 3.54. The molecule has 0 aliphatic rings. The van der Waals surface area contributed by atoms with E-state index in [2.05, 4.69) is 0 Å². The molecule has 0 fully saturated rings. The Labute approximate surface area is 92.3 Å². The van der Waals surface area contributed by atoms with E-state index < -0.39 is 10.7 Å². The molecule has 16 heavy (non-hydrogen) atoms. The van der Waals surface area contributed by atoms with E-state index in [1.807, 2.05) is 0 Å². The Hall–Kier alpha value is -1.69. The zero-order valence-electron chi connectivity index (χ0n) is 9.05. The lowest BCUT2D eigenvalue weighted by Gasteiger charge is -2.25. The largest absolute Gasteiger partial charge is 0.394 e. The number of benzene rings is 1. The van der Waals surface area contributed by atoms with Gasteiger partial charge in [0.15, 0.2) is 5.82 Å². The Morgan fingerprint density at radius 2 is 2.25 bits per heavy atom. The number of nitro benzene ring substituents is 1. The van der Waals surface area contributed by atoms with Crippen LogP contribution in [0.4, 0.5) is 15.8 Å². The molecule has 1 atom stereocenters. The molecule has 1 rings (SSSR count). The number of halogens is 1. The van der Waals surface area contributed by atoms with E-state index in [0.717, 1.165) is 6.07 Å². The van der Waals surface area contributed by atoms with Gasteiger partial charge in [-0.25, -0.2) is 4.39 Å². The summed E-state index contributed by atoms with van der Waals surface area (Å²) in [7, 11) is 1.62. The van der Waals surface area contributed by atoms with Crippen LogP contribution < -0.4 is 4.90 Å². The van der Waals surface area contributed by atoms with Gasteiger partial charge in [0.05, 0.1) is 23.3 Å². The Morgan fingerprint density at radius 1 is 1.62 bits per heavy atom. The molecule has 0 radical (unpaired) electrons. The number of hydrogen-bond donors (Lipinski definition) is 1. The fourth-order valence-corrected chi connectivity index (χ4v) is 1.26. The van der Waals surface area contributed by atoms with Crippen LogP contribution in [0.15, 0.2) is 18.2 Å². The molecule has 1 aromatic rings. The molecule has 0 amide bonds. The monoisotopic (exact) mass is 228 g/mol. The molecule has 0 aliphatic heterocycles. The topological polar surface area (TPSA) is 66.6 Å². The van der Waals surface area contributed by atoms with E-state index in [0.29, 0.717) is 0 Å². The molecule has 1 N–H and O–H groups in total. The lowest BCUT2D eigenvalue weighted by atomic mass is 10.2. The molecule has 0 saturated carbocycles. The molecule has 6 heteroatoms. The molecular formula is C10H13FN2O3. The van der Waals surface area contributed by atoms with Crippen molar-refractivity contribution in [3.8, 4) is 0 Å². The Balaban J connectivity index is 3.03. The number of rotatable bonds is 4. The number of hydrogen-bond acceptors (Lipinski definition) is 4. The van der Waals surface area contributed by atoms with Crippen LogP contribution in [-0.2, 0) is 0 Å². The fourth-order valence-electron chi connectivity index (χ4n) is 1.26. The van der Waals surface area contributed by atoms with Crippen molar-refractivity contribution in [2.24, 2.45) is 0 Å². The highest BCUT2D eigenvalue weighted by molar-refractivity contribution is 5.52. The third-order valence-electron chi connectivity index (χ3n) is 2.45. The zero-order valence-corrected chi connectivity index (χ0v) is 9.05. The number of likely N-dealkylation sites (N-methyl/N-ethyl adjacent to an activating group) is 1. The van der Waals surface area contributed by atoms with Crippen molar-refractivity contribution >= 4 is 11.4 Å². The first-order chi connectivity index (χ1) is 7.47. The van der Waals surface area contributed by atoms with Gasteiger partial charge < -0.3 is 10.0 Å². The maximum Gasteiger partial charge on any atom is 0.272 e. The quantitative estimate of drug-likeness (QED) is 0.627. The predicted molar refractivity (Wildman–Crippen MR) is 58.0 cm³/mol. The summed E-state index contributed by atoms with van der Waals surface area (Å²) in [6.45, 7) is 1.60. The van der Waals surface area contributed by atoms with Gasteiger partial charge in [-0.15, -0.1) is 0 Å². The summed E-state index contributed by atoms with van der Waals surface area (Å²) >= 11 is 0. The van der Waals surface area contributed by atoms with E-state index in [-0.39, 0.29) is 24.0 Å². The number of aliphatic hydroxyl groups excluding tert-OH is 1. The van der Waals surface area contributed by atoms with Crippen molar-refractivity contribution in [1.82, 2.24) is 0 Å². The van der Waals surface area contributed by atoms with E-state index in [1.165, 1.54) is 17.0 Å². The summed E-state index contributed by atoms with van der Waals surface area (Å²) in [6.07, 6.45) is 0. The van der Waals surface area contributed by atoms with Gasteiger partial charge >= 0.3 is 0 Å². The number of anilines is 1. The second kappa shape index (κ2) is 4.89. The minimum atomic E-state index is -0.669. The molecule has 0 saturated heterocycles. The molecule has 0 heterocycles. The van der Waals surface area contributed by atoms with Crippen molar-refractivity contribution in [2.75, 3.05) is 18.6 Å². The van der Waals surface area contributed by atoms with Crippen molar-refractivity contribution in [3.05, 3.63) is 34.1 Å². The van der Waals surface area contributed by atoms with Crippen LogP contribution in [0.25, 0.3) is 0 Å². The average Bonchev–Trinajstić information content (AvgIpc) is 2.26. The first-order valence-electron chi connectivity index (χ1n) is 4.75. The third-order valence-corrected chi connectivity index (χ3v) is 2.45. The normalized spacial score (nSPS) is 12.2. The van der Waals surface area contributed by atoms with Crippen LogP contribution in [0.2, 0.25) is 0 Å². The second-order valence-corrected chi connectivity index (χ2v) is 3.54. The molecule has 1 unspecified atom stereocenters. The van der Waals surface area contributed by atoms with Crippen LogP contribution in [0, 0.1) is 15.9 Å². The first kappa shape index (κ1) is 12.4. The van der Waals surface area contributed by atoms with Crippen molar-refractivity contribution in [2.45, 2.75) is 13.0 Å². The van der Waals surface area contributed by atoms with Crippen molar-refractivity contribution in [1.29, 1.82) is 0 Å². The van der Waals surface area contributed by atoms with E-state index in [9.17, 15) is 14.5 Å². The molecule has 0 spiro atoms. The van der Waals surface area contributed by atoms with Gasteiger partial charge in [-0.05, 0) is 13.0 Å². The lowest BCUT2D eigenvalue weighted by molar-refractivity contribution is -0.385. The molecular weight excluding hydrogens is 215 g/mol. The average molecular weight is 228 g/mol. The van der Waals surface area contributed by atoms with Crippen molar-refractivity contribution < 1.29 is 14.4 Å². The summed E-state index contributed by atoms with van der Waals surface area (Å²) in [5.41, 5.74) is -0.0570. The minimum absolute atomic E-state index is 0.118. The van der Waals surface area contributed by atoms with Crippen molar-refractivity contribution in [3.63, 3.8) is 0 Å². The SMILES string of the molecule is CC(CO)N(C)c1ccc([N+](=O)[O-])cc1F. The Morgan fingerprint density at radius 3 is 2.69 bits per heavy atom. The third kappa shape index (κ3) is 2.46. The number of nitrogens with zero attached hydrogens (tertiary/aromatic N) is 2. The van der Waals surface area contributed by atoms with Gasteiger partial charge in [0.2, 0.25) is 0 Å². The van der Waals surface area contributed by atoms with Gasteiger partial charge in [-0.1, -0.05) is 0 Å². The van der Waals surface area contributed by atoms with Crippen LogP contribution >= 0.6 is 0 Å². The summed E-state index contributed by atoms with van der Waals surface area (Å²) in [5.74, 6) is -0.669. The zero-order chi connectivity index (χ0) is 12.3. The first-order valence-corrected chi connectivity index (χ1v) is 4.75. The Kier molecular flexibility index (Phi) is 3.78. The van der Waals surface area contributed by atoms with Crippen LogP contribution in [0.1, 0.15) is 6.92 Å². The van der Waals surface area contributed by atoms with E-state index in [4.69, 9.17) is 5.11 Å². The molecule has 0 bridgehead atoms. The highest BCUT2D eigenvalue weighted by atomic mass is 19.1. The van der Waals surface area contributed by atoms with Crippen LogP contribution in [0.3, 0.4) is 0 Å². The van der Waals surface area contributed by atoms with Crippen LogP contribution in [0.5, 0.6) is 0 Å². The maximum atomic E-state index is 13.5. The molecule has 88 valence electrons. The van der Waals surface area contributed by atoms with Gasteiger partial charge in [-0.2, -0.15) is 0 Å². The molecule has 0 aromatic heterocycles. The standard InChI is InChI=1S/C10H13FN2O3/c1-7(6-14)12(2)10-4-3-8(13(15)16)5-9(10)11/h3-5,7,14H,6H2,1-2H3. The lowest BCUT2D eigenvalue weighted by Crippen LogP contribution is -2.32. The van der Waals surface area contributed by atoms with E-state index in [1.54, 1.807) is 14.0 Å².